The summed E-state index contributed by atoms with van der Waals surface area (Å²) in [5, 5.41) is 0. The van der Waals surface area contributed by atoms with Crippen molar-refractivity contribution in [1.29, 1.82) is 0 Å². The number of hydrogen-bond acceptors (Lipinski definition) is 3. The van der Waals surface area contributed by atoms with E-state index in [0.29, 0.717) is 11.6 Å². The predicted octanol–water partition coefficient (Wildman–Crippen LogP) is 2.25. The third kappa shape index (κ3) is 3.31. The lowest BCUT2D eigenvalue weighted by Gasteiger charge is -2.37. The topological polar surface area (TPSA) is 32.8 Å². The molecule has 0 N–H and O–H groups in total. The number of piperazine rings is 1. The van der Waals surface area contributed by atoms with Gasteiger partial charge in [0, 0.05) is 37.8 Å². The summed E-state index contributed by atoms with van der Waals surface area (Å²) in [7, 11) is 1.62. The van der Waals surface area contributed by atoms with Crippen LogP contribution in [0.15, 0.2) is 24.3 Å². The Morgan fingerprint density at radius 2 is 2.00 bits per heavy atom. The lowest BCUT2D eigenvalue weighted by molar-refractivity contribution is 0.0579. The molecule has 0 aromatic heterocycles. The molecule has 0 aliphatic carbocycles. The summed E-state index contributed by atoms with van der Waals surface area (Å²) in [5.74, 6) is 0.835. The second-order valence-electron chi connectivity index (χ2n) is 5.32. The van der Waals surface area contributed by atoms with E-state index in [1.54, 1.807) is 7.11 Å². The molecule has 4 nitrogen and oxygen atoms in total. The second kappa shape index (κ2) is 6.75. The molecule has 1 aliphatic heterocycles. The minimum atomic E-state index is 0.104. The Bertz CT molecular complexity index is 454. The van der Waals surface area contributed by atoms with Gasteiger partial charge >= 0.3 is 0 Å². The van der Waals surface area contributed by atoms with E-state index in [1.807, 2.05) is 29.2 Å². The first kappa shape index (κ1) is 14.9. The SMILES string of the molecule is CC[C@@H](C)N1CCN(C(=O)c2cccc(OC)c2)CC1. The Hall–Kier alpha value is -1.55. The third-order valence-electron chi connectivity index (χ3n) is 4.13. The van der Waals surface area contributed by atoms with Crippen LogP contribution in [0.2, 0.25) is 0 Å². The van der Waals surface area contributed by atoms with E-state index < -0.39 is 0 Å². The number of benzene rings is 1. The van der Waals surface area contributed by atoms with Gasteiger partial charge in [0.15, 0.2) is 0 Å². The van der Waals surface area contributed by atoms with Crippen LogP contribution < -0.4 is 4.74 Å². The van der Waals surface area contributed by atoms with Crippen LogP contribution in [0.1, 0.15) is 30.6 Å². The Kier molecular flexibility index (Phi) is 5.01. The first-order chi connectivity index (χ1) is 9.65. The molecular weight excluding hydrogens is 252 g/mol. The van der Waals surface area contributed by atoms with Gasteiger partial charge in [-0.15, -0.1) is 0 Å². The molecular formula is C16H24N2O2. The van der Waals surface area contributed by atoms with Gasteiger partial charge in [-0.3, -0.25) is 9.69 Å². The Balaban J connectivity index is 1.97. The molecule has 1 amide bonds. The smallest absolute Gasteiger partial charge is 0.254 e. The molecule has 0 saturated carbocycles. The first-order valence-corrected chi connectivity index (χ1v) is 7.33. The second-order valence-corrected chi connectivity index (χ2v) is 5.32. The van der Waals surface area contributed by atoms with Crippen LogP contribution in [-0.4, -0.2) is 55.0 Å². The number of carbonyl (C=O) groups excluding carboxylic acids is 1. The molecule has 1 heterocycles. The zero-order valence-corrected chi connectivity index (χ0v) is 12.6. The summed E-state index contributed by atoms with van der Waals surface area (Å²) >= 11 is 0. The van der Waals surface area contributed by atoms with Crippen molar-refractivity contribution in [2.75, 3.05) is 33.3 Å². The average Bonchev–Trinajstić information content (AvgIpc) is 2.53. The summed E-state index contributed by atoms with van der Waals surface area (Å²) in [6.45, 7) is 7.99. The standard InChI is InChI=1S/C16H24N2O2/c1-4-13(2)17-8-10-18(11-9-17)16(19)14-6-5-7-15(12-14)20-3/h5-7,12-13H,4,8-11H2,1-3H3/t13-/m1/s1. The number of carbonyl (C=O) groups is 1. The molecule has 0 unspecified atom stereocenters. The van der Waals surface area contributed by atoms with Gasteiger partial charge in [-0.25, -0.2) is 0 Å². The van der Waals surface area contributed by atoms with Crippen LogP contribution in [-0.2, 0) is 0 Å². The fraction of sp³-hybridized carbons (Fsp3) is 0.562. The van der Waals surface area contributed by atoms with Gasteiger partial charge in [0.05, 0.1) is 7.11 Å². The number of ether oxygens (including phenoxy) is 1. The summed E-state index contributed by atoms with van der Waals surface area (Å²) in [6.07, 6.45) is 1.16. The van der Waals surface area contributed by atoms with E-state index in [-0.39, 0.29) is 5.91 Å². The Morgan fingerprint density at radius 3 is 2.60 bits per heavy atom. The number of amides is 1. The third-order valence-corrected chi connectivity index (χ3v) is 4.13. The number of rotatable bonds is 4. The molecule has 1 aromatic carbocycles. The van der Waals surface area contributed by atoms with Crippen molar-refractivity contribution in [2.24, 2.45) is 0 Å². The highest BCUT2D eigenvalue weighted by molar-refractivity contribution is 5.94. The van der Waals surface area contributed by atoms with Crippen LogP contribution in [0.4, 0.5) is 0 Å². The summed E-state index contributed by atoms with van der Waals surface area (Å²) in [4.78, 5) is 16.9. The molecule has 1 atom stereocenters. The minimum Gasteiger partial charge on any atom is -0.497 e. The van der Waals surface area contributed by atoms with Crippen molar-refractivity contribution in [2.45, 2.75) is 26.3 Å². The molecule has 20 heavy (non-hydrogen) atoms. The van der Waals surface area contributed by atoms with Gasteiger partial charge in [0.1, 0.15) is 5.75 Å². The van der Waals surface area contributed by atoms with Crippen LogP contribution in [0.25, 0.3) is 0 Å². The van der Waals surface area contributed by atoms with Crippen molar-refractivity contribution >= 4 is 5.91 Å². The molecule has 1 fully saturated rings. The fourth-order valence-corrected chi connectivity index (χ4v) is 2.56. The summed E-state index contributed by atoms with van der Waals surface area (Å²) in [5.41, 5.74) is 0.710. The first-order valence-electron chi connectivity index (χ1n) is 7.33. The van der Waals surface area contributed by atoms with Crippen LogP contribution in [0.3, 0.4) is 0 Å². The largest absolute Gasteiger partial charge is 0.497 e. The van der Waals surface area contributed by atoms with E-state index in [1.165, 1.54) is 0 Å². The highest BCUT2D eigenvalue weighted by Crippen LogP contribution is 2.16. The Labute approximate surface area is 121 Å². The van der Waals surface area contributed by atoms with Gasteiger partial charge in [-0.05, 0) is 31.5 Å². The normalized spacial score (nSPS) is 17.9. The highest BCUT2D eigenvalue weighted by Gasteiger charge is 2.24. The maximum atomic E-state index is 12.5. The lowest BCUT2D eigenvalue weighted by atomic mass is 10.1. The molecule has 1 saturated heterocycles. The van der Waals surface area contributed by atoms with Crippen molar-refractivity contribution in [3.05, 3.63) is 29.8 Å². The van der Waals surface area contributed by atoms with E-state index >= 15 is 0 Å². The van der Waals surface area contributed by atoms with Gasteiger partial charge in [0.25, 0.3) is 5.91 Å². The monoisotopic (exact) mass is 276 g/mol. The van der Waals surface area contributed by atoms with Crippen molar-refractivity contribution in [3.8, 4) is 5.75 Å². The summed E-state index contributed by atoms with van der Waals surface area (Å²) < 4.78 is 5.18. The zero-order chi connectivity index (χ0) is 14.5. The molecule has 0 bridgehead atoms. The van der Waals surface area contributed by atoms with E-state index in [2.05, 4.69) is 18.7 Å². The predicted molar refractivity (Wildman–Crippen MR) is 80.2 cm³/mol. The fourth-order valence-electron chi connectivity index (χ4n) is 2.56. The molecule has 110 valence electrons. The minimum absolute atomic E-state index is 0.104. The number of nitrogens with zero attached hydrogens (tertiary/aromatic N) is 2. The van der Waals surface area contributed by atoms with Crippen LogP contribution in [0.5, 0.6) is 5.75 Å². The zero-order valence-electron chi connectivity index (χ0n) is 12.6. The number of hydrogen-bond donors (Lipinski definition) is 0. The van der Waals surface area contributed by atoms with Gasteiger partial charge < -0.3 is 9.64 Å². The lowest BCUT2D eigenvalue weighted by Crippen LogP contribution is -2.51. The van der Waals surface area contributed by atoms with E-state index in [4.69, 9.17) is 4.74 Å². The van der Waals surface area contributed by atoms with Crippen LogP contribution in [0, 0.1) is 0 Å². The average molecular weight is 276 g/mol. The van der Waals surface area contributed by atoms with Crippen molar-refractivity contribution < 1.29 is 9.53 Å². The molecule has 1 aromatic rings. The van der Waals surface area contributed by atoms with Gasteiger partial charge in [-0.1, -0.05) is 13.0 Å². The molecule has 0 radical (unpaired) electrons. The summed E-state index contributed by atoms with van der Waals surface area (Å²) in [6, 6.07) is 7.98. The molecule has 1 aliphatic rings. The molecule has 2 rings (SSSR count). The van der Waals surface area contributed by atoms with Gasteiger partial charge in [-0.2, -0.15) is 0 Å². The maximum absolute atomic E-state index is 12.5. The molecule has 4 heteroatoms. The van der Waals surface area contributed by atoms with E-state index in [9.17, 15) is 4.79 Å². The maximum Gasteiger partial charge on any atom is 0.254 e. The van der Waals surface area contributed by atoms with E-state index in [0.717, 1.165) is 38.3 Å². The molecule has 0 spiro atoms. The highest BCUT2D eigenvalue weighted by atomic mass is 16.5. The Morgan fingerprint density at radius 1 is 1.30 bits per heavy atom. The number of methoxy groups -OCH3 is 1. The van der Waals surface area contributed by atoms with Crippen LogP contribution >= 0.6 is 0 Å². The van der Waals surface area contributed by atoms with Gasteiger partial charge in [0.2, 0.25) is 0 Å². The quantitative estimate of drug-likeness (QED) is 0.845. The van der Waals surface area contributed by atoms with Crippen molar-refractivity contribution in [1.82, 2.24) is 9.80 Å². The van der Waals surface area contributed by atoms with Crippen molar-refractivity contribution in [3.63, 3.8) is 0 Å².